The van der Waals surface area contributed by atoms with Crippen LogP contribution >= 0.6 is 0 Å². The lowest BCUT2D eigenvalue weighted by molar-refractivity contribution is -0.140. The Kier molecular flexibility index (Phi) is 7.73. The van der Waals surface area contributed by atoms with Crippen LogP contribution in [0.15, 0.2) is 48.5 Å². The molecule has 0 heterocycles. The van der Waals surface area contributed by atoms with E-state index in [1.165, 1.54) is 12.1 Å². The van der Waals surface area contributed by atoms with Crippen LogP contribution in [0.3, 0.4) is 0 Å². The van der Waals surface area contributed by atoms with E-state index in [0.29, 0.717) is 12.5 Å². The van der Waals surface area contributed by atoms with Crippen LogP contribution in [-0.4, -0.2) is 29.3 Å². The van der Waals surface area contributed by atoms with Crippen molar-refractivity contribution < 1.29 is 14.0 Å². The third kappa shape index (κ3) is 6.19. The summed E-state index contributed by atoms with van der Waals surface area (Å²) in [7, 11) is 0. The van der Waals surface area contributed by atoms with Gasteiger partial charge < -0.3 is 10.2 Å². The second kappa shape index (κ2) is 10.0. The predicted molar refractivity (Wildman–Crippen MR) is 109 cm³/mol. The summed E-state index contributed by atoms with van der Waals surface area (Å²) >= 11 is 0. The van der Waals surface area contributed by atoms with Crippen LogP contribution in [0.2, 0.25) is 0 Å². The molecule has 0 aliphatic rings. The number of halogens is 1. The Balaban J connectivity index is 2.21. The van der Waals surface area contributed by atoms with Crippen LogP contribution in [0.25, 0.3) is 0 Å². The first kappa shape index (κ1) is 21.6. The molecule has 150 valence electrons. The molecule has 1 atom stereocenters. The molecule has 0 spiro atoms. The maximum atomic E-state index is 13.2. The monoisotopic (exact) mass is 384 g/mol. The van der Waals surface area contributed by atoms with Gasteiger partial charge in [-0.15, -0.1) is 0 Å². The molecule has 0 fully saturated rings. The Morgan fingerprint density at radius 1 is 1.04 bits per heavy atom. The van der Waals surface area contributed by atoms with Crippen LogP contribution in [0.4, 0.5) is 4.39 Å². The van der Waals surface area contributed by atoms with Gasteiger partial charge in [-0.2, -0.15) is 0 Å². The minimum atomic E-state index is -0.625. The van der Waals surface area contributed by atoms with E-state index >= 15 is 0 Å². The predicted octanol–water partition coefficient (Wildman–Crippen LogP) is 3.87. The molecule has 0 aliphatic heterocycles. The van der Waals surface area contributed by atoms with Crippen molar-refractivity contribution in [2.24, 2.45) is 5.92 Å². The molecule has 2 aromatic rings. The molecular formula is C23H29FN2O2. The highest BCUT2D eigenvalue weighted by Crippen LogP contribution is 2.15. The van der Waals surface area contributed by atoms with Crippen molar-refractivity contribution in [1.29, 1.82) is 0 Å². The average molecular weight is 384 g/mol. The van der Waals surface area contributed by atoms with Crippen LogP contribution in [0.1, 0.15) is 37.5 Å². The van der Waals surface area contributed by atoms with Crippen molar-refractivity contribution in [2.45, 2.75) is 46.7 Å². The number of hydrogen-bond donors (Lipinski definition) is 1. The first-order valence-electron chi connectivity index (χ1n) is 9.64. The van der Waals surface area contributed by atoms with Crippen molar-refractivity contribution in [1.82, 2.24) is 10.2 Å². The zero-order chi connectivity index (χ0) is 20.7. The van der Waals surface area contributed by atoms with Gasteiger partial charge in [-0.1, -0.05) is 50.2 Å². The summed E-state index contributed by atoms with van der Waals surface area (Å²) in [5, 5.41) is 2.89. The lowest BCUT2D eigenvalue weighted by Gasteiger charge is -2.29. The normalized spacial score (nSPS) is 11.9. The van der Waals surface area contributed by atoms with Gasteiger partial charge in [0.15, 0.2) is 0 Å². The number of nitrogens with zero attached hydrogens (tertiary/aromatic N) is 1. The molecule has 0 bridgehead atoms. The lowest BCUT2D eigenvalue weighted by Crippen LogP contribution is -2.48. The number of nitrogens with one attached hydrogen (secondary N) is 1. The molecule has 0 unspecified atom stereocenters. The largest absolute Gasteiger partial charge is 0.354 e. The summed E-state index contributed by atoms with van der Waals surface area (Å²) in [6.07, 6.45) is 0.218. The topological polar surface area (TPSA) is 49.4 Å². The summed E-state index contributed by atoms with van der Waals surface area (Å²) in [5.74, 6) is -0.326. The van der Waals surface area contributed by atoms with Gasteiger partial charge in [-0.25, -0.2) is 4.39 Å². The second-order valence-corrected chi connectivity index (χ2v) is 7.57. The summed E-state index contributed by atoms with van der Waals surface area (Å²) < 4.78 is 13.2. The summed E-state index contributed by atoms with van der Waals surface area (Å²) in [6.45, 7) is 8.54. The quantitative estimate of drug-likeness (QED) is 0.751. The van der Waals surface area contributed by atoms with Gasteiger partial charge in [-0.05, 0) is 48.6 Å². The van der Waals surface area contributed by atoms with Crippen molar-refractivity contribution in [3.63, 3.8) is 0 Å². The number of amides is 2. The molecule has 28 heavy (non-hydrogen) atoms. The van der Waals surface area contributed by atoms with Crippen LogP contribution in [0.5, 0.6) is 0 Å². The summed E-state index contributed by atoms with van der Waals surface area (Å²) in [6, 6.07) is 13.1. The third-order valence-electron chi connectivity index (χ3n) is 4.72. The van der Waals surface area contributed by atoms with E-state index in [4.69, 9.17) is 0 Å². The Hall–Kier alpha value is -2.69. The minimum Gasteiger partial charge on any atom is -0.354 e. The number of hydrogen-bond acceptors (Lipinski definition) is 2. The van der Waals surface area contributed by atoms with Gasteiger partial charge in [0.1, 0.15) is 11.9 Å². The molecule has 2 amide bonds. The fraction of sp³-hybridized carbons (Fsp3) is 0.391. The maximum absolute atomic E-state index is 13.2. The SMILES string of the molecule is Cc1ccccc1CC(=O)N(Cc1ccc(F)cc1)[C@H](C)C(=O)NCC(C)C. The van der Waals surface area contributed by atoms with E-state index in [1.54, 1.807) is 24.0 Å². The molecule has 0 aromatic heterocycles. The Morgan fingerprint density at radius 2 is 1.68 bits per heavy atom. The van der Waals surface area contributed by atoms with Gasteiger partial charge in [-0.3, -0.25) is 9.59 Å². The lowest BCUT2D eigenvalue weighted by atomic mass is 10.0. The second-order valence-electron chi connectivity index (χ2n) is 7.57. The van der Waals surface area contributed by atoms with Crippen LogP contribution in [0, 0.1) is 18.7 Å². The zero-order valence-electron chi connectivity index (χ0n) is 17.0. The minimum absolute atomic E-state index is 0.133. The van der Waals surface area contributed by atoms with E-state index in [2.05, 4.69) is 5.32 Å². The van der Waals surface area contributed by atoms with Crippen LogP contribution in [-0.2, 0) is 22.6 Å². The van der Waals surface area contributed by atoms with Crippen molar-refractivity contribution in [2.75, 3.05) is 6.54 Å². The van der Waals surface area contributed by atoms with E-state index < -0.39 is 6.04 Å². The molecule has 0 radical (unpaired) electrons. The van der Waals surface area contributed by atoms with Crippen molar-refractivity contribution in [3.8, 4) is 0 Å². The third-order valence-corrected chi connectivity index (χ3v) is 4.72. The Morgan fingerprint density at radius 3 is 2.29 bits per heavy atom. The molecule has 2 aromatic carbocycles. The number of carbonyl (C=O) groups is 2. The highest BCUT2D eigenvalue weighted by atomic mass is 19.1. The smallest absolute Gasteiger partial charge is 0.242 e. The van der Waals surface area contributed by atoms with Crippen molar-refractivity contribution in [3.05, 3.63) is 71.0 Å². The van der Waals surface area contributed by atoms with Gasteiger partial charge in [0.25, 0.3) is 0 Å². The molecule has 0 aliphatic carbocycles. The van der Waals surface area contributed by atoms with E-state index in [9.17, 15) is 14.0 Å². The molecule has 5 heteroatoms. The summed E-state index contributed by atoms with van der Waals surface area (Å²) in [4.78, 5) is 27.2. The molecule has 4 nitrogen and oxygen atoms in total. The molecule has 1 N–H and O–H groups in total. The molecular weight excluding hydrogens is 355 g/mol. The summed E-state index contributed by atoms with van der Waals surface area (Å²) in [5.41, 5.74) is 2.75. The van der Waals surface area contributed by atoms with Crippen LogP contribution < -0.4 is 5.32 Å². The highest BCUT2D eigenvalue weighted by molar-refractivity contribution is 5.88. The fourth-order valence-electron chi connectivity index (χ4n) is 2.89. The zero-order valence-corrected chi connectivity index (χ0v) is 17.0. The number of benzene rings is 2. The van der Waals surface area contributed by atoms with Crippen molar-refractivity contribution >= 4 is 11.8 Å². The molecule has 0 saturated carbocycles. The first-order chi connectivity index (χ1) is 13.3. The van der Waals surface area contributed by atoms with Gasteiger partial charge in [0, 0.05) is 13.1 Å². The average Bonchev–Trinajstić information content (AvgIpc) is 2.66. The molecule has 2 rings (SSSR count). The first-order valence-corrected chi connectivity index (χ1v) is 9.64. The van der Waals surface area contributed by atoms with Gasteiger partial charge in [0.05, 0.1) is 6.42 Å². The van der Waals surface area contributed by atoms with E-state index in [1.807, 2.05) is 45.0 Å². The standard InChI is InChI=1S/C23H29FN2O2/c1-16(2)14-25-23(28)18(4)26(15-19-9-11-21(24)12-10-19)22(27)13-20-8-6-5-7-17(20)3/h5-12,16,18H,13-15H2,1-4H3,(H,25,28)/t18-/m1/s1. The van der Waals surface area contributed by atoms with Gasteiger partial charge in [0.2, 0.25) is 11.8 Å². The number of aryl methyl sites for hydroxylation is 1. The number of carbonyl (C=O) groups excluding carboxylic acids is 2. The number of rotatable bonds is 8. The molecule has 0 saturated heterocycles. The fourth-order valence-corrected chi connectivity index (χ4v) is 2.89. The van der Waals surface area contributed by atoms with E-state index in [0.717, 1.165) is 16.7 Å². The van der Waals surface area contributed by atoms with E-state index in [-0.39, 0.29) is 30.6 Å². The Labute approximate surface area is 166 Å². The Bertz CT molecular complexity index is 803. The highest BCUT2D eigenvalue weighted by Gasteiger charge is 2.26. The van der Waals surface area contributed by atoms with Gasteiger partial charge >= 0.3 is 0 Å². The maximum Gasteiger partial charge on any atom is 0.242 e.